The van der Waals surface area contributed by atoms with E-state index in [0.29, 0.717) is 0 Å². The fourth-order valence-corrected chi connectivity index (χ4v) is 2.24. The molecule has 0 aromatic carbocycles. The lowest BCUT2D eigenvalue weighted by atomic mass is 10.0. The number of rotatable bonds is 10. The summed E-state index contributed by atoms with van der Waals surface area (Å²) in [4.78, 5) is 22.1. The Bertz CT molecular complexity index is 416. The maximum absolute atomic E-state index is 11.4. The first-order valence-electron chi connectivity index (χ1n) is 6.57. The van der Waals surface area contributed by atoms with Crippen LogP contribution in [0.4, 0.5) is 0 Å². The van der Waals surface area contributed by atoms with Crippen LogP contribution in [0.15, 0.2) is 0 Å². The van der Waals surface area contributed by atoms with Gasteiger partial charge in [0.25, 0.3) is 10.1 Å². The normalized spacial score (nSPS) is 14.6. The molecule has 0 amide bonds. The average Bonchev–Trinajstić information content (AvgIpc) is 2.34. The number of ether oxygens (including phenoxy) is 1. The molecule has 2 unspecified atom stereocenters. The first-order chi connectivity index (χ1) is 9.22. The van der Waals surface area contributed by atoms with E-state index in [1.807, 2.05) is 13.8 Å². The quantitative estimate of drug-likeness (QED) is 0.463. The molecule has 0 aliphatic heterocycles. The van der Waals surface area contributed by atoms with Gasteiger partial charge in [-0.15, -0.1) is 0 Å². The van der Waals surface area contributed by atoms with Crippen LogP contribution in [-0.2, 0) is 24.4 Å². The second kappa shape index (κ2) is 8.91. The molecule has 0 saturated heterocycles. The molecule has 0 fully saturated rings. The molecular formula is C12H22O7S. The van der Waals surface area contributed by atoms with Crippen molar-refractivity contribution in [1.29, 1.82) is 0 Å². The van der Waals surface area contributed by atoms with Crippen molar-refractivity contribution in [2.45, 2.75) is 51.2 Å². The first-order valence-corrected chi connectivity index (χ1v) is 8.07. The molecule has 7 nitrogen and oxygen atoms in total. The molecule has 0 saturated carbocycles. The Hall–Kier alpha value is -1.15. The number of carboxylic acids is 1. The molecular weight excluding hydrogens is 288 g/mol. The van der Waals surface area contributed by atoms with E-state index in [-0.39, 0.29) is 12.5 Å². The summed E-state index contributed by atoms with van der Waals surface area (Å²) in [5.41, 5.74) is 0. The number of aliphatic carboxylic acids is 1. The summed E-state index contributed by atoms with van der Waals surface area (Å²) in [5.74, 6) is -2.54. The van der Waals surface area contributed by atoms with Gasteiger partial charge in [0.2, 0.25) is 0 Å². The largest absolute Gasteiger partial charge is 0.480 e. The number of carboxylic acid groups (broad SMARTS) is 1. The molecule has 0 aromatic rings. The molecule has 2 N–H and O–H groups in total. The number of carbonyl (C=O) groups excluding carboxylic acids is 1. The third kappa shape index (κ3) is 7.44. The maximum Gasteiger partial charge on any atom is 0.325 e. The van der Waals surface area contributed by atoms with Crippen LogP contribution in [0, 0.1) is 5.92 Å². The van der Waals surface area contributed by atoms with Crippen molar-refractivity contribution in [3.63, 3.8) is 0 Å². The van der Waals surface area contributed by atoms with Crippen molar-refractivity contribution >= 4 is 22.1 Å². The lowest BCUT2D eigenvalue weighted by Gasteiger charge is -2.15. The van der Waals surface area contributed by atoms with Crippen LogP contribution in [-0.4, -0.2) is 41.9 Å². The Morgan fingerprint density at radius 3 is 2.25 bits per heavy atom. The van der Waals surface area contributed by atoms with Gasteiger partial charge in [-0.1, -0.05) is 33.1 Å². The van der Waals surface area contributed by atoms with Gasteiger partial charge in [-0.25, -0.2) is 0 Å². The summed E-state index contributed by atoms with van der Waals surface area (Å²) < 4.78 is 35.2. The zero-order valence-electron chi connectivity index (χ0n) is 11.7. The second-order valence-electron chi connectivity index (χ2n) is 4.65. The molecule has 2 atom stereocenters. The van der Waals surface area contributed by atoms with Crippen molar-refractivity contribution in [3.05, 3.63) is 0 Å². The van der Waals surface area contributed by atoms with E-state index in [4.69, 9.17) is 14.4 Å². The molecule has 0 spiro atoms. The van der Waals surface area contributed by atoms with E-state index in [1.54, 1.807) is 0 Å². The second-order valence-corrected chi connectivity index (χ2v) is 6.24. The van der Waals surface area contributed by atoms with Gasteiger partial charge in [-0.05, 0) is 12.3 Å². The van der Waals surface area contributed by atoms with Crippen LogP contribution < -0.4 is 0 Å². The Morgan fingerprint density at radius 2 is 1.85 bits per heavy atom. The number of carbonyl (C=O) groups is 2. The highest BCUT2D eigenvalue weighted by molar-refractivity contribution is 7.87. The van der Waals surface area contributed by atoms with Gasteiger partial charge >= 0.3 is 11.9 Å². The van der Waals surface area contributed by atoms with E-state index in [1.165, 1.54) is 0 Å². The predicted octanol–water partition coefficient (Wildman–Crippen LogP) is 1.48. The topological polar surface area (TPSA) is 118 Å². The fourth-order valence-electron chi connectivity index (χ4n) is 1.64. The summed E-state index contributed by atoms with van der Waals surface area (Å²) in [6, 6.07) is 0. The molecule has 0 bridgehead atoms. The minimum absolute atomic E-state index is 0.132. The van der Waals surface area contributed by atoms with Crippen LogP contribution >= 0.6 is 0 Å². The monoisotopic (exact) mass is 310 g/mol. The van der Waals surface area contributed by atoms with Gasteiger partial charge in [0, 0.05) is 0 Å². The lowest BCUT2D eigenvalue weighted by molar-refractivity contribution is -0.148. The Labute approximate surface area is 119 Å². The Morgan fingerprint density at radius 1 is 1.25 bits per heavy atom. The number of hydrogen-bond acceptors (Lipinski definition) is 5. The third-order valence-corrected chi connectivity index (χ3v) is 4.10. The summed E-state index contributed by atoms with van der Waals surface area (Å²) in [6.45, 7) is 4.13. The third-order valence-electron chi connectivity index (χ3n) is 3.01. The standard InChI is InChI=1S/C12H22O7S/c1-3-5-6-9(4-2)8-19-11(13)7-10(12(14)15)20(16,17)18/h9-10H,3-8H2,1-2H3,(H,14,15)(H,16,17,18). The highest BCUT2D eigenvalue weighted by Crippen LogP contribution is 2.14. The molecule has 0 rings (SSSR count). The van der Waals surface area contributed by atoms with Gasteiger partial charge in [0.05, 0.1) is 13.0 Å². The molecule has 0 radical (unpaired) electrons. The van der Waals surface area contributed by atoms with E-state index in [0.717, 1.165) is 25.7 Å². The highest BCUT2D eigenvalue weighted by atomic mass is 32.2. The zero-order valence-corrected chi connectivity index (χ0v) is 12.6. The van der Waals surface area contributed by atoms with Gasteiger partial charge in [-0.3, -0.25) is 14.1 Å². The van der Waals surface area contributed by atoms with Crippen molar-refractivity contribution < 1.29 is 32.4 Å². The summed E-state index contributed by atoms with van der Waals surface area (Å²) in [6.07, 6.45) is 2.83. The van der Waals surface area contributed by atoms with Crippen molar-refractivity contribution in [3.8, 4) is 0 Å². The van der Waals surface area contributed by atoms with Gasteiger partial charge < -0.3 is 9.84 Å². The van der Waals surface area contributed by atoms with Crippen molar-refractivity contribution in [2.24, 2.45) is 5.92 Å². The maximum atomic E-state index is 11.4. The summed E-state index contributed by atoms with van der Waals surface area (Å²) in [5, 5.41) is 6.48. The first kappa shape index (κ1) is 18.9. The van der Waals surface area contributed by atoms with Crippen LogP contribution in [0.1, 0.15) is 46.0 Å². The Kier molecular flexibility index (Phi) is 8.40. The number of unbranched alkanes of at least 4 members (excludes halogenated alkanes) is 1. The van der Waals surface area contributed by atoms with Crippen LogP contribution in [0.2, 0.25) is 0 Å². The van der Waals surface area contributed by atoms with Crippen LogP contribution in [0.3, 0.4) is 0 Å². The SMILES string of the molecule is CCCCC(CC)COC(=O)CC(C(=O)O)S(=O)(=O)O. The number of esters is 1. The minimum Gasteiger partial charge on any atom is -0.480 e. The van der Waals surface area contributed by atoms with Crippen LogP contribution in [0.25, 0.3) is 0 Å². The molecule has 8 heteroatoms. The lowest BCUT2D eigenvalue weighted by Crippen LogP contribution is -2.33. The van der Waals surface area contributed by atoms with Crippen LogP contribution in [0.5, 0.6) is 0 Å². The van der Waals surface area contributed by atoms with Gasteiger partial charge in [0.1, 0.15) is 0 Å². The highest BCUT2D eigenvalue weighted by Gasteiger charge is 2.34. The smallest absolute Gasteiger partial charge is 0.325 e. The summed E-state index contributed by atoms with van der Waals surface area (Å²) >= 11 is 0. The number of hydrogen-bond donors (Lipinski definition) is 2. The molecule has 20 heavy (non-hydrogen) atoms. The van der Waals surface area contributed by atoms with E-state index in [9.17, 15) is 18.0 Å². The minimum atomic E-state index is -4.82. The molecule has 0 aliphatic rings. The van der Waals surface area contributed by atoms with E-state index < -0.39 is 33.7 Å². The Balaban J connectivity index is 4.37. The van der Waals surface area contributed by atoms with Crippen molar-refractivity contribution in [1.82, 2.24) is 0 Å². The average molecular weight is 310 g/mol. The van der Waals surface area contributed by atoms with E-state index >= 15 is 0 Å². The molecule has 118 valence electrons. The molecule has 0 heterocycles. The molecule has 0 aromatic heterocycles. The van der Waals surface area contributed by atoms with E-state index in [2.05, 4.69) is 0 Å². The predicted molar refractivity (Wildman–Crippen MR) is 71.9 cm³/mol. The van der Waals surface area contributed by atoms with Gasteiger partial charge in [0.15, 0.2) is 5.25 Å². The zero-order chi connectivity index (χ0) is 15.8. The summed E-state index contributed by atoms with van der Waals surface area (Å²) in [7, 11) is -4.82. The molecule has 0 aliphatic carbocycles. The van der Waals surface area contributed by atoms with Gasteiger partial charge in [-0.2, -0.15) is 8.42 Å². The van der Waals surface area contributed by atoms with Crippen molar-refractivity contribution in [2.75, 3.05) is 6.61 Å². The fraction of sp³-hybridized carbons (Fsp3) is 0.833.